The molecule has 0 aliphatic rings. The van der Waals surface area contributed by atoms with Crippen molar-refractivity contribution >= 4 is 29.3 Å². The van der Waals surface area contributed by atoms with Crippen molar-refractivity contribution in [2.75, 3.05) is 16.9 Å². The van der Waals surface area contributed by atoms with Crippen molar-refractivity contribution in [3.05, 3.63) is 71.5 Å². The van der Waals surface area contributed by atoms with E-state index in [0.717, 1.165) is 5.56 Å². The maximum Gasteiger partial charge on any atom is 0.253 e. The van der Waals surface area contributed by atoms with Gasteiger partial charge < -0.3 is 16.5 Å². The van der Waals surface area contributed by atoms with E-state index in [4.69, 9.17) is 5.84 Å². The third-order valence-corrected chi connectivity index (χ3v) is 5.70. The molecule has 1 aromatic heterocycles. The van der Waals surface area contributed by atoms with Gasteiger partial charge in [-0.1, -0.05) is 75.0 Å². The Labute approximate surface area is 192 Å². The summed E-state index contributed by atoms with van der Waals surface area (Å²) < 4.78 is 1.41. The fourth-order valence-corrected chi connectivity index (χ4v) is 3.75. The number of benzene rings is 2. The maximum atomic E-state index is 12.8. The molecule has 0 bridgehead atoms. The van der Waals surface area contributed by atoms with Gasteiger partial charge in [0, 0.05) is 5.41 Å². The van der Waals surface area contributed by atoms with Crippen LogP contribution in [-0.2, 0) is 10.2 Å². The lowest BCUT2D eigenvalue weighted by molar-refractivity contribution is -0.113. The molecule has 2 amide bonds. The number of nitrogens with zero attached hydrogens (tertiary/aromatic N) is 3. The Balaban J connectivity index is 1.64. The number of para-hydroxylation sites is 1. The molecule has 8 nitrogen and oxygen atoms in total. The maximum absolute atomic E-state index is 12.8. The normalized spacial score (nSPS) is 12.2. The van der Waals surface area contributed by atoms with Gasteiger partial charge in [0.25, 0.3) is 5.91 Å². The summed E-state index contributed by atoms with van der Waals surface area (Å²) in [5, 5.41) is 14.4. The monoisotopic (exact) mass is 452 g/mol. The van der Waals surface area contributed by atoms with Crippen LogP contribution >= 0.6 is 11.8 Å². The van der Waals surface area contributed by atoms with Gasteiger partial charge in [-0.05, 0) is 24.6 Å². The predicted molar refractivity (Wildman–Crippen MR) is 127 cm³/mol. The van der Waals surface area contributed by atoms with Crippen molar-refractivity contribution in [1.29, 1.82) is 0 Å². The minimum Gasteiger partial charge on any atom is -0.345 e. The summed E-state index contributed by atoms with van der Waals surface area (Å²) in [5.41, 5.74) is 1.58. The number of thioether (sulfide) groups is 1. The average molecular weight is 453 g/mol. The molecular formula is C23H28N6O2S. The van der Waals surface area contributed by atoms with E-state index in [0.29, 0.717) is 22.2 Å². The molecule has 3 aromatic rings. The van der Waals surface area contributed by atoms with Crippen LogP contribution in [0.4, 0.5) is 5.69 Å². The molecule has 168 valence electrons. The zero-order chi connectivity index (χ0) is 23.3. The fraction of sp³-hybridized carbons (Fsp3) is 0.304. The van der Waals surface area contributed by atoms with Crippen LogP contribution < -0.4 is 16.5 Å². The summed E-state index contributed by atoms with van der Waals surface area (Å²) in [7, 11) is 0. The molecule has 0 aliphatic carbocycles. The Kier molecular flexibility index (Phi) is 7.19. The van der Waals surface area contributed by atoms with E-state index < -0.39 is 0 Å². The molecule has 9 heteroatoms. The number of carbonyl (C=O) groups is 2. The van der Waals surface area contributed by atoms with Gasteiger partial charge in [0.05, 0.1) is 23.0 Å². The van der Waals surface area contributed by atoms with Gasteiger partial charge in [-0.25, -0.2) is 4.68 Å². The number of hydrogen-bond acceptors (Lipinski definition) is 6. The average Bonchev–Trinajstić information content (AvgIpc) is 3.14. The topological polar surface area (TPSA) is 115 Å². The van der Waals surface area contributed by atoms with Crippen LogP contribution in [0.15, 0.2) is 59.8 Å². The van der Waals surface area contributed by atoms with Crippen LogP contribution in [0.1, 0.15) is 55.5 Å². The number of anilines is 1. The van der Waals surface area contributed by atoms with Gasteiger partial charge in [-0.3, -0.25) is 9.59 Å². The number of nitrogen functional groups attached to an aromatic ring is 1. The van der Waals surface area contributed by atoms with Crippen molar-refractivity contribution in [3.63, 3.8) is 0 Å². The molecule has 0 saturated carbocycles. The van der Waals surface area contributed by atoms with Crippen LogP contribution in [0.5, 0.6) is 0 Å². The number of aromatic nitrogens is 3. The summed E-state index contributed by atoms with van der Waals surface area (Å²) in [5.74, 6) is 6.25. The number of nitrogens with one attached hydrogen (secondary N) is 2. The van der Waals surface area contributed by atoms with Crippen LogP contribution in [0.2, 0.25) is 0 Å². The summed E-state index contributed by atoms with van der Waals surface area (Å²) >= 11 is 1.19. The number of amides is 2. The van der Waals surface area contributed by atoms with Crippen LogP contribution in [0.3, 0.4) is 0 Å². The predicted octanol–water partition coefficient (Wildman–Crippen LogP) is 3.51. The molecule has 1 heterocycles. The first kappa shape index (κ1) is 23.3. The summed E-state index contributed by atoms with van der Waals surface area (Å²) in [6.45, 7) is 7.88. The summed E-state index contributed by atoms with van der Waals surface area (Å²) in [6, 6.07) is 16.4. The van der Waals surface area contributed by atoms with Gasteiger partial charge >= 0.3 is 0 Å². The number of rotatable bonds is 7. The lowest BCUT2D eigenvalue weighted by atomic mass is 9.96. The number of hydrogen-bond donors (Lipinski definition) is 3. The molecule has 0 aliphatic heterocycles. The van der Waals surface area contributed by atoms with E-state index in [2.05, 4.69) is 20.8 Å². The minimum atomic E-state index is -0.272. The lowest BCUT2D eigenvalue weighted by Gasteiger charge is -2.17. The Bertz CT molecular complexity index is 1090. The molecule has 0 spiro atoms. The van der Waals surface area contributed by atoms with E-state index in [1.807, 2.05) is 58.0 Å². The van der Waals surface area contributed by atoms with E-state index in [1.165, 1.54) is 16.4 Å². The fourth-order valence-electron chi connectivity index (χ4n) is 3.09. The van der Waals surface area contributed by atoms with Gasteiger partial charge in [-0.15, -0.1) is 10.2 Å². The highest BCUT2D eigenvalue weighted by atomic mass is 32.2. The van der Waals surface area contributed by atoms with E-state index in [1.54, 1.807) is 24.3 Å². The lowest BCUT2D eigenvalue weighted by Crippen LogP contribution is -2.28. The van der Waals surface area contributed by atoms with Crippen molar-refractivity contribution < 1.29 is 9.59 Å². The molecule has 1 unspecified atom stereocenters. The summed E-state index contributed by atoms with van der Waals surface area (Å²) in [6.07, 6.45) is 0. The Morgan fingerprint density at radius 2 is 1.72 bits per heavy atom. The highest BCUT2D eigenvalue weighted by molar-refractivity contribution is 7.99. The quantitative estimate of drug-likeness (QED) is 0.373. The molecule has 2 aromatic carbocycles. The first-order valence-corrected chi connectivity index (χ1v) is 11.2. The van der Waals surface area contributed by atoms with Crippen molar-refractivity contribution in [1.82, 2.24) is 20.2 Å². The van der Waals surface area contributed by atoms with Gasteiger partial charge in [0.1, 0.15) is 0 Å². The van der Waals surface area contributed by atoms with Gasteiger partial charge in [0.2, 0.25) is 11.1 Å². The second kappa shape index (κ2) is 9.86. The highest BCUT2D eigenvalue weighted by Crippen LogP contribution is 2.24. The molecule has 0 fully saturated rings. The Morgan fingerprint density at radius 3 is 2.38 bits per heavy atom. The molecule has 32 heavy (non-hydrogen) atoms. The molecule has 3 rings (SSSR count). The highest BCUT2D eigenvalue weighted by Gasteiger charge is 2.23. The molecular weight excluding hydrogens is 424 g/mol. The van der Waals surface area contributed by atoms with Crippen molar-refractivity contribution in [3.8, 4) is 0 Å². The van der Waals surface area contributed by atoms with Gasteiger partial charge in [0.15, 0.2) is 5.82 Å². The van der Waals surface area contributed by atoms with Crippen LogP contribution in [-0.4, -0.2) is 32.4 Å². The molecule has 0 radical (unpaired) electrons. The Morgan fingerprint density at radius 1 is 1.06 bits per heavy atom. The Hall–Kier alpha value is -3.33. The van der Waals surface area contributed by atoms with E-state index >= 15 is 0 Å². The summed E-state index contributed by atoms with van der Waals surface area (Å²) in [4.78, 5) is 25.4. The largest absolute Gasteiger partial charge is 0.345 e. The standard InChI is InChI=1S/C23H28N6O2S/c1-15(16-10-6-5-7-11-16)25-20(31)17-12-8-9-13-18(17)26-19(30)14-32-22-28-27-21(29(22)24)23(2,3)4/h5-13,15H,14,24H2,1-4H3,(H,25,31)(H,26,30). The first-order chi connectivity index (χ1) is 15.2. The minimum absolute atomic E-state index is 0.0792. The third-order valence-electron chi connectivity index (χ3n) is 4.76. The zero-order valence-electron chi connectivity index (χ0n) is 18.6. The zero-order valence-corrected chi connectivity index (χ0v) is 19.4. The first-order valence-electron chi connectivity index (χ1n) is 10.2. The van der Waals surface area contributed by atoms with Crippen molar-refractivity contribution in [2.45, 2.75) is 44.3 Å². The van der Waals surface area contributed by atoms with E-state index in [9.17, 15) is 9.59 Å². The van der Waals surface area contributed by atoms with Gasteiger partial charge in [-0.2, -0.15) is 0 Å². The smallest absolute Gasteiger partial charge is 0.253 e. The molecule has 1 atom stereocenters. The van der Waals surface area contributed by atoms with Crippen LogP contribution in [0.25, 0.3) is 0 Å². The van der Waals surface area contributed by atoms with Crippen molar-refractivity contribution in [2.24, 2.45) is 0 Å². The SMILES string of the molecule is CC(NC(=O)c1ccccc1NC(=O)CSc1nnc(C(C)(C)C)n1N)c1ccccc1. The second-order valence-corrected chi connectivity index (χ2v) is 9.36. The van der Waals surface area contributed by atoms with E-state index in [-0.39, 0.29) is 29.0 Å². The van der Waals surface area contributed by atoms with Crippen LogP contribution in [0, 0.1) is 0 Å². The number of carbonyl (C=O) groups excluding carboxylic acids is 2. The molecule has 4 N–H and O–H groups in total. The number of nitrogens with two attached hydrogens (primary N) is 1. The molecule has 0 saturated heterocycles. The second-order valence-electron chi connectivity index (χ2n) is 8.41. The third kappa shape index (κ3) is 5.67.